The van der Waals surface area contributed by atoms with Crippen LogP contribution in [0.15, 0.2) is 53.6 Å². The van der Waals surface area contributed by atoms with E-state index < -0.39 is 0 Å². The van der Waals surface area contributed by atoms with Crippen molar-refractivity contribution in [1.82, 2.24) is 5.43 Å². The fourth-order valence-corrected chi connectivity index (χ4v) is 1.86. The maximum Gasteiger partial charge on any atom is 0.236 e. The molecule has 0 aliphatic heterocycles. The van der Waals surface area contributed by atoms with Gasteiger partial charge < -0.3 is 4.74 Å². The summed E-state index contributed by atoms with van der Waals surface area (Å²) in [5, 5.41) is 4.41. The predicted molar refractivity (Wildman–Crippen MR) is 83.6 cm³/mol. The average Bonchev–Trinajstić information content (AvgIpc) is 2.47. The van der Waals surface area contributed by atoms with Gasteiger partial charge in [-0.25, -0.2) is 5.43 Å². The highest BCUT2D eigenvalue weighted by Gasteiger charge is 2.03. The molecule has 0 unspecified atom stereocenters. The molecular formula is C16H15ClN2O2. The fraction of sp³-hybridized carbons (Fsp3) is 0.125. The van der Waals surface area contributed by atoms with Gasteiger partial charge in [-0.15, -0.1) is 0 Å². The highest BCUT2D eigenvalue weighted by molar-refractivity contribution is 6.30. The van der Waals surface area contributed by atoms with Crippen molar-refractivity contribution in [2.24, 2.45) is 5.10 Å². The van der Waals surface area contributed by atoms with Crippen molar-refractivity contribution in [3.8, 4) is 5.75 Å². The van der Waals surface area contributed by atoms with Crippen LogP contribution in [0, 0.1) is 0 Å². The summed E-state index contributed by atoms with van der Waals surface area (Å²) in [5.74, 6) is 0.414. The van der Waals surface area contributed by atoms with Crippen molar-refractivity contribution < 1.29 is 9.53 Å². The molecule has 21 heavy (non-hydrogen) atoms. The molecule has 0 atom stereocenters. The lowest BCUT2D eigenvalue weighted by Crippen LogP contribution is -2.12. The number of nitrogens with one attached hydrogen (secondary N) is 1. The topological polar surface area (TPSA) is 50.7 Å². The molecule has 0 fully saturated rings. The number of hydrogen-bond acceptors (Lipinski definition) is 3. The summed E-state index contributed by atoms with van der Waals surface area (Å²) < 4.78 is 5.77. The van der Waals surface area contributed by atoms with Gasteiger partial charge in [0, 0.05) is 17.5 Å². The second-order valence-corrected chi connectivity index (χ2v) is 4.82. The van der Waals surface area contributed by atoms with E-state index in [1.54, 1.807) is 18.2 Å². The summed E-state index contributed by atoms with van der Waals surface area (Å²) >= 11 is 5.97. The Morgan fingerprint density at radius 3 is 2.76 bits per heavy atom. The average molecular weight is 303 g/mol. The molecule has 0 heterocycles. The van der Waals surface area contributed by atoms with Gasteiger partial charge in [0.15, 0.2) is 0 Å². The first-order valence-electron chi connectivity index (χ1n) is 6.41. The number of carbonyl (C=O) groups is 1. The third-order valence-corrected chi connectivity index (χ3v) is 2.87. The van der Waals surface area contributed by atoms with Crippen LogP contribution in [0.2, 0.25) is 5.02 Å². The molecule has 0 saturated carbocycles. The normalized spacial score (nSPS) is 10.6. The molecule has 0 bridgehead atoms. The largest absolute Gasteiger partial charge is 0.488 e. The first-order chi connectivity index (χ1) is 10.1. The number of hydrazone groups is 1. The van der Waals surface area contributed by atoms with Crippen molar-refractivity contribution in [2.45, 2.75) is 13.5 Å². The highest BCUT2D eigenvalue weighted by atomic mass is 35.5. The second kappa shape index (κ2) is 7.45. The first kappa shape index (κ1) is 15.1. The zero-order chi connectivity index (χ0) is 15.1. The van der Waals surface area contributed by atoms with Crippen molar-refractivity contribution in [3.05, 3.63) is 64.7 Å². The lowest BCUT2D eigenvalue weighted by atomic mass is 10.2. The van der Waals surface area contributed by atoms with E-state index in [0.717, 1.165) is 5.56 Å². The number of halogens is 1. The van der Waals surface area contributed by atoms with Gasteiger partial charge in [-0.2, -0.15) is 5.10 Å². The van der Waals surface area contributed by atoms with Crippen LogP contribution in [0.1, 0.15) is 18.1 Å². The molecule has 5 heteroatoms. The number of carbonyl (C=O) groups excluding carboxylic acids is 1. The Labute approximate surface area is 128 Å². The minimum absolute atomic E-state index is 0.236. The number of ether oxygens (including phenoxy) is 1. The molecule has 2 rings (SSSR count). The highest BCUT2D eigenvalue weighted by Crippen LogP contribution is 2.22. The molecule has 0 aliphatic carbocycles. The second-order valence-electron chi connectivity index (χ2n) is 4.38. The van der Waals surface area contributed by atoms with E-state index in [4.69, 9.17) is 16.3 Å². The zero-order valence-corrected chi connectivity index (χ0v) is 12.3. The predicted octanol–water partition coefficient (Wildman–Crippen LogP) is 3.39. The number of hydrogen-bond donors (Lipinski definition) is 1. The van der Waals surface area contributed by atoms with Crippen LogP contribution in [0.3, 0.4) is 0 Å². The van der Waals surface area contributed by atoms with E-state index in [0.29, 0.717) is 22.9 Å². The Morgan fingerprint density at radius 1 is 1.29 bits per heavy atom. The van der Waals surface area contributed by atoms with Gasteiger partial charge in [0.05, 0.1) is 6.21 Å². The third-order valence-electron chi connectivity index (χ3n) is 2.63. The fourth-order valence-electron chi connectivity index (χ4n) is 1.68. The monoisotopic (exact) mass is 302 g/mol. The van der Waals surface area contributed by atoms with Crippen LogP contribution in [0.4, 0.5) is 0 Å². The van der Waals surface area contributed by atoms with Gasteiger partial charge in [0.2, 0.25) is 5.91 Å². The third kappa shape index (κ3) is 4.93. The summed E-state index contributed by atoms with van der Waals surface area (Å²) in [5.41, 5.74) is 4.11. The van der Waals surface area contributed by atoms with Gasteiger partial charge in [0.1, 0.15) is 12.4 Å². The molecule has 2 aromatic carbocycles. The Morgan fingerprint density at radius 2 is 2.05 bits per heavy atom. The Bertz CT molecular complexity index is 642. The molecule has 2 aromatic rings. The van der Waals surface area contributed by atoms with Crippen LogP contribution < -0.4 is 10.2 Å². The van der Waals surface area contributed by atoms with Crippen molar-refractivity contribution in [3.63, 3.8) is 0 Å². The maximum atomic E-state index is 10.8. The Kier molecular flexibility index (Phi) is 5.35. The van der Waals surface area contributed by atoms with E-state index in [2.05, 4.69) is 10.5 Å². The quantitative estimate of drug-likeness (QED) is 0.680. The van der Waals surface area contributed by atoms with Crippen molar-refractivity contribution in [1.29, 1.82) is 0 Å². The van der Waals surface area contributed by atoms with E-state index in [-0.39, 0.29) is 5.91 Å². The molecular weight excluding hydrogens is 288 g/mol. The summed E-state index contributed by atoms with van der Waals surface area (Å²) in [6, 6.07) is 15.1. The molecule has 4 nitrogen and oxygen atoms in total. The number of rotatable bonds is 5. The van der Waals surface area contributed by atoms with Crippen LogP contribution in [-0.4, -0.2) is 12.1 Å². The summed E-state index contributed by atoms with van der Waals surface area (Å²) in [6.07, 6.45) is 1.51. The van der Waals surface area contributed by atoms with Gasteiger partial charge in [-0.1, -0.05) is 41.9 Å². The first-order valence-corrected chi connectivity index (χ1v) is 6.79. The maximum absolute atomic E-state index is 10.8. The summed E-state index contributed by atoms with van der Waals surface area (Å²) in [6.45, 7) is 1.84. The van der Waals surface area contributed by atoms with Crippen LogP contribution in [0.25, 0.3) is 0 Å². The summed E-state index contributed by atoms with van der Waals surface area (Å²) in [7, 11) is 0. The Hall–Kier alpha value is -2.33. The molecule has 108 valence electrons. The SMILES string of the molecule is CC(=O)N/N=C/c1cc(Cl)ccc1OCc1ccccc1. The van der Waals surface area contributed by atoms with E-state index in [9.17, 15) is 4.79 Å². The van der Waals surface area contributed by atoms with Gasteiger partial charge in [0.25, 0.3) is 0 Å². The number of benzene rings is 2. The lowest BCUT2D eigenvalue weighted by Gasteiger charge is -2.09. The van der Waals surface area contributed by atoms with Gasteiger partial charge >= 0.3 is 0 Å². The number of amides is 1. The van der Waals surface area contributed by atoms with E-state index >= 15 is 0 Å². The molecule has 0 saturated heterocycles. The summed E-state index contributed by atoms with van der Waals surface area (Å²) in [4.78, 5) is 10.8. The minimum atomic E-state index is -0.236. The van der Waals surface area contributed by atoms with Crippen molar-refractivity contribution >= 4 is 23.7 Å². The molecule has 0 radical (unpaired) electrons. The van der Waals surface area contributed by atoms with Crippen molar-refractivity contribution in [2.75, 3.05) is 0 Å². The molecule has 1 amide bonds. The zero-order valence-electron chi connectivity index (χ0n) is 11.5. The van der Waals surface area contributed by atoms with Gasteiger partial charge in [-0.3, -0.25) is 4.79 Å². The number of nitrogens with zero attached hydrogens (tertiary/aromatic N) is 1. The van der Waals surface area contributed by atoms with E-state index in [1.165, 1.54) is 13.1 Å². The van der Waals surface area contributed by atoms with Gasteiger partial charge in [-0.05, 0) is 23.8 Å². The Balaban J connectivity index is 2.11. The molecule has 0 spiro atoms. The standard InChI is InChI=1S/C16H15ClN2O2/c1-12(20)19-18-10-14-9-15(17)7-8-16(14)21-11-13-5-3-2-4-6-13/h2-10H,11H2,1H3,(H,19,20)/b18-10+. The minimum Gasteiger partial charge on any atom is -0.488 e. The van der Waals surface area contributed by atoms with Crippen LogP contribution >= 0.6 is 11.6 Å². The molecule has 0 aliphatic rings. The smallest absolute Gasteiger partial charge is 0.236 e. The van der Waals surface area contributed by atoms with Crippen LogP contribution in [0.5, 0.6) is 5.75 Å². The lowest BCUT2D eigenvalue weighted by molar-refractivity contribution is -0.118. The van der Waals surface area contributed by atoms with E-state index in [1.807, 2.05) is 30.3 Å². The molecule has 1 N–H and O–H groups in total. The molecule has 0 aromatic heterocycles. The van der Waals surface area contributed by atoms with Crippen LogP contribution in [-0.2, 0) is 11.4 Å².